The summed E-state index contributed by atoms with van der Waals surface area (Å²) in [4.78, 5) is 23.4. The number of carbonyl (C=O) groups excluding carboxylic acids is 2. The largest absolute Gasteiger partial charge is 0.464 e. The van der Waals surface area contributed by atoms with Gasteiger partial charge in [0.15, 0.2) is 0 Å². The number of benzene rings is 1. The molecule has 4 nitrogen and oxygen atoms in total. The van der Waals surface area contributed by atoms with Crippen molar-refractivity contribution in [3.63, 3.8) is 0 Å². The minimum Gasteiger partial charge on any atom is -0.464 e. The molecule has 1 rings (SSSR count). The quantitative estimate of drug-likeness (QED) is 0.801. The predicted octanol–water partition coefficient (Wildman–Crippen LogP) is 2.32. The topological polar surface area (TPSA) is 55.4 Å². The Kier molecular flexibility index (Phi) is 6.06. The van der Waals surface area contributed by atoms with Gasteiger partial charge in [0.25, 0.3) is 5.91 Å². The summed E-state index contributed by atoms with van der Waals surface area (Å²) in [6.45, 7) is 5.98. The van der Waals surface area contributed by atoms with Gasteiger partial charge < -0.3 is 10.1 Å². The Morgan fingerprint density at radius 1 is 1.21 bits per heavy atom. The van der Waals surface area contributed by atoms with Gasteiger partial charge in [0.2, 0.25) is 0 Å². The molecule has 1 N–H and O–H groups in total. The second kappa shape index (κ2) is 7.56. The van der Waals surface area contributed by atoms with Crippen molar-refractivity contribution in [3.05, 3.63) is 35.4 Å². The number of rotatable bonds is 6. The number of hydrogen-bond donors (Lipinski definition) is 1. The molecule has 19 heavy (non-hydrogen) atoms. The van der Waals surface area contributed by atoms with Crippen LogP contribution in [0.5, 0.6) is 0 Å². The summed E-state index contributed by atoms with van der Waals surface area (Å²) in [5, 5.41) is 2.63. The Morgan fingerprint density at radius 2 is 1.84 bits per heavy atom. The summed E-state index contributed by atoms with van der Waals surface area (Å²) in [5.41, 5.74) is 1.72. The van der Waals surface area contributed by atoms with Crippen LogP contribution in [0, 0.1) is 0 Å². The summed E-state index contributed by atoms with van der Waals surface area (Å²) in [6.07, 6.45) is 1.70. The lowest BCUT2D eigenvalue weighted by molar-refractivity contribution is -0.145. The molecule has 0 saturated carbocycles. The Bertz CT molecular complexity index is 426. The number of nitrogens with one attached hydrogen (secondary N) is 1. The van der Waals surface area contributed by atoms with Gasteiger partial charge in [-0.05, 0) is 37.5 Å². The highest BCUT2D eigenvalue weighted by atomic mass is 16.5. The number of amides is 1. The Labute approximate surface area is 114 Å². The molecule has 104 valence electrons. The molecule has 0 saturated heterocycles. The van der Waals surface area contributed by atoms with Crippen LogP contribution >= 0.6 is 0 Å². The molecule has 0 spiro atoms. The predicted molar refractivity (Wildman–Crippen MR) is 74.0 cm³/mol. The van der Waals surface area contributed by atoms with Crippen LogP contribution in [0.25, 0.3) is 0 Å². The van der Waals surface area contributed by atoms with Crippen LogP contribution in [-0.4, -0.2) is 24.5 Å². The van der Waals surface area contributed by atoms with Gasteiger partial charge in [-0.1, -0.05) is 26.0 Å². The van der Waals surface area contributed by atoms with Gasteiger partial charge in [-0.15, -0.1) is 0 Å². The smallest absolute Gasteiger partial charge is 0.328 e. The van der Waals surface area contributed by atoms with Crippen molar-refractivity contribution in [1.82, 2.24) is 5.32 Å². The van der Waals surface area contributed by atoms with Crippen molar-refractivity contribution >= 4 is 11.9 Å². The van der Waals surface area contributed by atoms with E-state index in [2.05, 4.69) is 12.2 Å². The first-order chi connectivity index (χ1) is 9.08. The minimum atomic E-state index is -0.634. The molecule has 1 atom stereocenters. The first-order valence-electron chi connectivity index (χ1n) is 6.64. The Morgan fingerprint density at radius 3 is 2.37 bits per heavy atom. The van der Waals surface area contributed by atoms with Gasteiger partial charge in [0.05, 0.1) is 6.61 Å². The first-order valence-corrected chi connectivity index (χ1v) is 6.64. The normalized spacial score (nSPS) is 11.7. The van der Waals surface area contributed by atoms with Crippen LogP contribution in [0.15, 0.2) is 24.3 Å². The van der Waals surface area contributed by atoms with Crippen LogP contribution in [0.1, 0.15) is 43.1 Å². The summed E-state index contributed by atoms with van der Waals surface area (Å²) < 4.78 is 4.97. The third-order valence-corrected chi connectivity index (χ3v) is 2.77. The van der Waals surface area contributed by atoms with Crippen LogP contribution < -0.4 is 5.32 Å². The van der Waals surface area contributed by atoms with E-state index in [4.69, 9.17) is 4.74 Å². The molecule has 4 heteroatoms. The molecule has 1 aromatic carbocycles. The van der Waals surface area contributed by atoms with Crippen LogP contribution in [0.3, 0.4) is 0 Å². The van der Waals surface area contributed by atoms with E-state index in [-0.39, 0.29) is 5.91 Å². The monoisotopic (exact) mass is 263 g/mol. The van der Waals surface area contributed by atoms with Crippen LogP contribution in [0.4, 0.5) is 0 Å². The molecule has 0 aliphatic carbocycles. The summed E-state index contributed by atoms with van der Waals surface area (Å²) in [7, 11) is 0. The molecular weight excluding hydrogens is 242 g/mol. The molecule has 0 fully saturated rings. The van der Waals surface area contributed by atoms with Gasteiger partial charge in [-0.3, -0.25) is 4.79 Å². The molecule has 0 aliphatic heterocycles. The molecule has 0 aromatic heterocycles. The minimum absolute atomic E-state index is 0.261. The second-order valence-electron chi connectivity index (χ2n) is 4.41. The fraction of sp³-hybridized carbons (Fsp3) is 0.467. The highest BCUT2D eigenvalue weighted by Crippen LogP contribution is 2.05. The lowest BCUT2D eigenvalue weighted by Gasteiger charge is -2.13. The van der Waals surface area contributed by atoms with Gasteiger partial charge >= 0.3 is 5.97 Å². The van der Waals surface area contributed by atoms with Gasteiger partial charge in [0, 0.05) is 5.56 Å². The maximum atomic E-state index is 11.9. The lowest BCUT2D eigenvalue weighted by Crippen LogP contribution is -2.39. The van der Waals surface area contributed by atoms with Crippen LogP contribution in [-0.2, 0) is 16.0 Å². The van der Waals surface area contributed by atoms with Crippen molar-refractivity contribution in [3.8, 4) is 0 Å². The molecule has 0 aliphatic rings. The maximum Gasteiger partial charge on any atom is 0.328 e. The molecule has 1 aromatic rings. The lowest BCUT2D eigenvalue weighted by atomic mass is 10.1. The van der Waals surface area contributed by atoms with Gasteiger partial charge in [-0.25, -0.2) is 4.79 Å². The molecule has 0 bridgehead atoms. The van der Waals surface area contributed by atoms with E-state index >= 15 is 0 Å². The van der Waals surface area contributed by atoms with E-state index in [0.29, 0.717) is 12.2 Å². The van der Waals surface area contributed by atoms with Gasteiger partial charge in [-0.2, -0.15) is 0 Å². The van der Waals surface area contributed by atoms with Crippen LogP contribution in [0.2, 0.25) is 0 Å². The average Bonchev–Trinajstić information content (AvgIpc) is 2.44. The zero-order valence-corrected chi connectivity index (χ0v) is 11.7. The molecule has 0 heterocycles. The molecule has 1 amide bonds. The fourth-order valence-corrected chi connectivity index (χ4v) is 1.56. The zero-order valence-electron chi connectivity index (χ0n) is 11.7. The molecular formula is C15H21NO3. The molecule has 0 unspecified atom stereocenters. The fourth-order valence-electron chi connectivity index (χ4n) is 1.56. The van der Waals surface area contributed by atoms with Crippen molar-refractivity contribution in [2.24, 2.45) is 0 Å². The van der Waals surface area contributed by atoms with Crippen molar-refractivity contribution in [1.29, 1.82) is 0 Å². The van der Waals surface area contributed by atoms with E-state index < -0.39 is 12.0 Å². The SMILES string of the molecule is CCCOC(=O)[C@H](C)NC(=O)c1ccc(CC)cc1. The summed E-state index contributed by atoms with van der Waals surface area (Å²) >= 11 is 0. The third-order valence-electron chi connectivity index (χ3n) is 2.77. The number of esters is 1. The average molecular weight is 263 g/mol. The highest BCUT2D eigenvalue weighted by molar-refractivity contribution is 5.96. The number of ether oxygens (including phenoxy) is 1. The second-order valence-corrected chi connectivity index (χ2v) is 4.41. The third kappa shape index (κ3) is 4.73. The Balaban J connectivity index is 2.55. The number of carbonyl (C=O) groups is 2. The van der Waals surface area contributed by atoms with E-state index in [0.717, 1.165) is 12.8 Å². The van der Waals surface area contributed by atoms with Crippen molar-refractivity contribution in [2.45, 2.75) is 39.7 Å². The number of hydrogen-bond acceptors (Lipinski definition) is 3. The van der Waals surface area contributed by atoms with E-state index in [1.807, 2.05) is 19.1 Å². The first kappa shape index (κ1) is 15.2. The van der Waals surface area contributed by atoms with E-state index in [9.17, 15) is 9.59 Å². The summed E-state index contributed by atoms with van der Waals surface area (Å²) in [5.74, 6) is -0.663. The van der Waals surface area contributed by atoms with E-state index in [1.54, 1.807) is 19.1 Å². The highest BCUT2D eigenvalue weighted by Gasteiger charge is 2.17. The summed E-state index contributed by atoms with van der Waals surface area (Å²) in [6, 6.07) is 6.71. The van der Waals surface area contributed by atoms with E-state index in [1.165, 1.54) is 5.56 Å². The maximum absolute atomic E-state index is 11.9. The van der Waals surface area contributed by atoms with Crippen molar-refractivity contribution in [2.75, 3.05) is 6.61 Å². The van der Waals surface area contributed by atoms with Gasteiger partial charge in [0.1, 0.15) is 6.04 Å². The zero-order chi connectivity index (χ0) is 14.3. The van der Waals surface area contributed by atoms with Crippen molar-refractivity contribution < 1.29 is 14.3 Å². The molecule has 0 radical (unpaired) electrons. The number of aryl methyl sites for hydroxylation is 1. The Hall–Kier alpha value is -1.84. The standard InChI is InChI=1S/C15H21NO3/c1-4-10-19-15(18)11(3)16-14(17)13-8-6-12(5-2)7-9-13/h6-9,11H,4-5,10H2,1-3H3,(H,16,17)/t11-/m0/s1.